The van der Waals surface area contributed by atoms with E-state index in [1.807, 2.05) is 72.8 Å². The van der Waals surface area contributed by atoms with Gasteiger partial charge in [-0.2, -0.15) is 0 Å². The molecule has 1 nitrogen and oxygen atoms in total. The van der Waals surface area contributed by atoms with Gasteiger partial charge in [0.05, 0.1) is 11.0 Å². The molecule has 0 saturated carbocycles. The fourth-order valence-corrected chi connectivity index (χ4v) is 5.69. The molecule has 0 bridgehead atoms. The third-order valence-electron chi connectivity index (χ3n) is 7.33. The maximum absolute atomic E-state index is 9.24. The highest BCUT2D eigenvalue weighted by Crippen LogP contribution is 2.47. The molecule has 7 aromatic carbocycles. The van der Waals surface area contributed by atoms with Gasteiger partial charge in [-0.15, -0.1) is 0 Å². The molecule has 0 aliphatic carbocycles. The Morgan fingerprint density at radius 2 is 1.05 bits per heavy atom. The molecule has 8 aromatic rings. The van der Waals surface area contributed by atoms with Gasteiger partial charge in [-0.25, -0.2) is 0 Å². The molecule has 182 valence electrons. The third-order valence-corrected chi connectivity index (χ3v) is 7.33. The highest BCUT2D eigenvalue weighted by molar-refractivity contribution is 6.25. The highest BCUT2D eigenvalue weighted by atomic mass is 16.3. The van der Waals surface area contributed by atoms with Gasteiger partial charge >= 0.3 is 0 Å². The van der Waals surface area contributed by atoms with Crippen LogP contribution in [0.4, 0.5) is 0 Å². The van der Waals surface area contributed by atoms with Crippen molar-refractivity contribution in [3.8, 4) is 33.4 Å². The molecule has 0 spiro atoms. The Morgan fingerprint density at radius 1 is 0.436 bits per heavy atom. The van der Waals surface area contributed by atoms with Gasteiger partial charge in [-0.05, 0) is 73.1 Å². The zero-order valence-corrected chi connectivity index (χ0v) is 20.6. The first-order chi connectivity index (χ1) is 22.7. The zero-order chi connectivity index (χ0) is 32.7. The monoisotopic (exact) mass is 504 g/mol. The topological polar surface area (TPSA) is 13.1 Å². The first-order valence-electron chi connectivity index (χ1n) is 16.7. The summed E-state index contributed by atoms with van der Waals surface area (Å²) in [7, 11) is 0. The summed E-state index contributed by atoms with van der Waals surface area (Å²) in [5.41, 5.74) is 4.69. The molecule has 0 saturated heterocycles. The molecule has 0 fully saturated rings. The van der Waals surface area contributed by atoms with Crippen LogP contribution in [0.3, 0.4) is 0 Å². The van der Waals surface area contributed by atoms with Crippen LogP contribution in [0.5, 0.6) is 0 Å². The molecular formula is C38H24O. The van der Waals surface area contributed by atoms with Crippen LogP contribution in [0.25, 0.3) is 76.9 Å². The maximum atomic E-state index is 9.24. The zero-order valence-electron chi connectivity index (χ0n) is 28.6. The van der Waals surface area contributed by atoms with Gasteiger partial charge in [-0.1, -0.05) is 127 Å². The van der Waals surface area contributed by atoms with Crippen molar-refractivity contribution in [3.63, 3.8) is 0 Å². The molecule has 0 amide bonds. The highest BCUT2D eigenvalue weighted by Gasteiger charge is 2.20. The van der Waals surface area contributed by atoms with E-state index in [4.69, 9.17) is 14.0 Å². The van der Waals surface area contributed by atoms with Crippen LogP contribution in [0.2, 0.25) is 0 Å². The average molecular weight is 505 g/mol. The molecule has 1 aromatic heterocycles. The summed E-state index contributed by atoms with van der Waals surface area (Å²) in [6, 6.07) is 29.2. The van der Waals surface area contributed by atoms with Gasteiger partial charge in [0.15, 0.2) is 0 Å². The van der Waals surface area contributed by atoms with Crippen molar-refractivity contribution in [1.82, 2.24) is 0 Å². The Balaban J connectivity index is 1.54. The lowest BCUT2D eigenvalue weighted by atomic mass is 9.84. The number of furan rings is 1. The van der Waals surface area contributed by atoms with Gasteiger partial charge in [0.1, 0.15) is 11.2 Å². The maximum Gasteiger partial charge on any atom is 0.136 e. The van der Waals surface area contributed by atoms with Crippen molar-refractivity contribution in [2.45, 2.75) is 0 Å². The second-order valence-corrected chi connectivity index (χ2v) is 9.47. The van der Waals surface area contributed by atoms with Gasteiger partial charge < -0.3 is 4.42 Å². The van der Waals surface area contributed by atoms with Crippen molar-refractivity contribution in [3.05, 3.63) is 145 Å². The molecule has 0 N–H and O–H groups in total. The van der Waals surface area contributed by atoms with Crippen molar-refractivity contribution in [2.24, 2.45) is 0 Å². The first kappa shape index (κ1) is 15.3. The number of rotatable bonds is 3. The predicted molar refractivity (Wildman–Crippen MR) is 165 cm³/mol. The summed E-state index contributed by atoms with van der Waals surface area (Å²) in [6.45, 7) is 0. The Labute approximate surface area is 237 Å². The molecule has 39 heavy (non-hydrogen) atoms. The van der Waals surface area contributed by atoms with E-state index in [1.54, 1.807) is 12.1 Å². The summed E-state index contributed by atoms with van der Waals surface area (Å²) < 4.78 is 74.6. The summed E-state index contributed by atoms with van der Waals surface area (Å²) in [5, 5.41) is 3.67. The van der Waals surface area contributed by atoms with E-state index in [9.17, 15) is 1.37 Å². The normalized spacial score (nSPS) is 14.5. The number of hydrogen-bond donors (Lipinski definition) is 0. The van der Waals surface area contributed by atoms with Crippen LogP contribution in [0, 0.1) is 0 Å². The Morgan fingerprint density at radius 3 is 1.79 bits per heavy atom. The molecule has 8 rings (SSSR count). The summed E-state index contributed by atoms with van der Waals surface area (Å²) >= 11 is 0. The fourth-order valence-electron chi connectivity index (χ4n) is 5.69. The van der Waals surface area contributed by atoms with Crippen LogP contribution in [0.15, 0.2) is 150 Å². The van der Waals surface area contributed by atoms with E-state index in [-0.39, 0.29) is 57.7 Å². The molecule has 1 heteroatoms. The van der Waals surface area contributed by atoms with Crippen LogP contribution in [-0.4, -0.2) is 0 Å². The van der Waals surface area contributed by atoms with Gasteiger partial charge in [0.25, 0.3) is 0 Å². The Hall–Kier alpha value is -5.14. The molecular weight excluding hydrogens is 472 g/mol. The molecule has 0 aliphatic heterocycles. The summed E-state index contributed by atoms with van der Waals surface area (Å²) in [5.74, 6) is 0. The molecule has 0 unspecified atom stereocenters. The van der Waals surface area contributed by atoms with E-state index in [0.717, 1.165) is 43.8 Å². The van der Waals surface area contributed by atoms with Crippen LogP contribution < -0.4 is 0 Å². The third kappa shape index (κ3) is 3.41. The molecule has 0 radical (unpaired) electrons. The minimum Gasteiger partial charge on any atom is -0.456 e. The smallest absolute Gasteiger partial charge is 0.136 e. The lowest BCUT2D eigenvalue weighted by Gasteiger charge is -2.18. The number of para-hydroxylation sites is 1. The van der Waals surface area contributed by atoms with E-state index < -0.39 is 12.1 Å². The van der Waals surface area contributed by atoms with Gasteiger partial charge in [0.2, 0.25) is 0 Å². The lowest BCUT2D eigenvalue weighted by molar-refractivity contribution is 0.669. The van der Waals surface area contributed by atoms with E-state index in [1.165, 1.54) is 0 Å². The van der Waals surface area contributed by atoms with Gasteiger partial charge in [0, 0.05) is 10.8 Å². The van der Waals surface area contributed by atoms with Crippen LogP contribution >= 0.6 is 0 Å². The first-order valence-corrected chi connectivity index (χ1v) is 12.7. The van der Waals surface area contributed by atoms with Crippen molar-refractivity contribution in [2.75, 3.05) is 0 Å². The van der Waals surface area contributed by atoms with E-state index in [2.05, 4.69) is 12.1 Å². The quantitative estimate of drug-likeness (QED) is 0.218. The summed E-state index contributed by atoms with van der Waals surface area (Å²) in [4.78, 5) is 0. The largest absolute Gasteiger partial charge is 0.456 e. The van der Waals surface area contributed by atoms with Gasteiger partial charge in [-0.3, -0.25) is 0 Å². The minimum atomic E-state index is -0.454. The predicted octanol–water partition coefficient (Wildman–Crippen LogP) is 10.9. The molecule has 0 atom stereocenters. The Bertz CT molecular complexity index is 2550. The standard InChI is InChI=1S/C38H24O/c1-2-12-25(13-3-1)26-14-10-15-27(24-26)36-28-16-4-6-18-30(28)37(31-19-7-5-17-29(31)36)33-21-11-23-35-38(33)32-20-8-9-22-34(32)39-35/h1-24H/i1D,8D,9D,11D,20D,21D,22D,23D. The Kier molecular flexibility index (Phi) is 3.42. The molecule has 1 heterocycles. The van der Waals surface area contributed by atoms with Crippen molar-refractivity contribution >= 4 is 43.5 Å². The second-order valence-electron chi connectivity index (χ2n) is 9.47. The van der Waals surface area contributed by atoms with E-state index in [0.29, 0.717) is 11.6 Å². The minimum absolute atomic E-state index is 0.0494. The fraction of sp³-hybridized carbons (Fsp3) is 0. The average Bonchev–Trinajstić information content (AvgIpc) is 3.49. The van der Waals surface area contributed by atoms with E-state index >= 15 is 0 Å². The summed E-state index contributed by atoms with van der Waals surface area (Å²) in [6.07, 6.45) is 0. The number of benzene rings is 7. The lowest BCUT2D eigenvalue weighted by Crippen LogP contribution is -1.91. The number of fused-ring (bicyclic) bond motifs is 5. The van der Waals surface area contributed by atoms with Crippen LogP contribution in [-0.2, 0) is 0 Å². The SMILES string of the molecule is [2H]c1ccc(-c2cccc(-c3c4ccccc4c(-c4c([2H])c([2H])c([2H])c5oc6c([2H])c([2H])c([2H])c([2H])c6c45)c4ccccc34)c2)cc1. The van der Waals surface area contributed by atoms with Crippen molar-refractivity contribution in [1.29, 1.82) is 0 Å². The number of hydrogen-bond acceptors (Lipinski definition) is 1. The molecule has 0 aliphatic rings. The van der Waals surface area contributed by atoms with Crippen LogP contribution in [0.1, 0.15) is 11.0 Å². The van der Waals surface area contributed by atoms with Crippen molar-refractivity contribution < 1.29 is 15.4 Å². The second kappa shape index (κ2) is 8.72.